The Morgan fingerprint density at radius 3 is 2.03 bits per heavy atom. The fourth-order valence-electron chi connectivity index (χ4n) is 5.14. The second-order valence-electron chi connectivity index (χ2n) is 8.92. The molecule has 2 heterocycles. The summed E-state index contributed by atoms with van der Waals surface area (Å²) in [7, 11) is 0. The molecule has 0 bridgehead atoms. The van der Waals surface area contributed by atoms with Gasteiger partial charge in [-0.2, -0.15) is 0 Å². The molecule has 5 aromatic rings. The Balaban J connectivity index is 1.33. The van der Waals surface area contributed by atoms with Gasteiger partial charge in [-0.3, -0.25) is 14.5 Å². The van der Waals surface area contributed by atoms with Crippen LogP contribution in [0.5, 0.6) is 0 Å². The normalized spacial score (nSPS) is 14.2. The lowest BCUT2D eigenvalue weighted by Crippen LogP contribution is -2.16. The first-order chi connectivity index (χ1) is 17.2. The van der Waals surface area contributed by atoms with Crippen molar-refractivity contribution in [3.63, 3.8) is 0 Å². The average molecular weight is 453 g/mol. The van der Waals surface area contributed by atoms with Gasteiger partial charge < -0.3 is 4.42 Å². The highest BCUT2D eigenvalue weighted by Crippen LogP contribution is 2.45. The monoisotopic (exact) mass is 453 g/mol. The predicted octanol–water partition coefficient (Wildman–Crippen LogP) is 7.27. The van der Waals surface area contributed by atoms with E-state index in [9.17, 15) is 9.59 Å². The predicted molar refractivity (Wildman–Crippen MR) is 137 cm³/mol. The van der Waals surface area contributed by atoms with Crippen molar-refractivity contribution in [2.24, 2.45) is 0 Å². The van der Waals surface area contributed by atoms with Crippen LogP contribution in [0.15, 0.2) is 107 Å². The Hall–Kier alpha value is -4.70. The summed E-state index contributed by atoms with van der Waals surface area (Å²) in [6.07, 6.45) is 2.32. The number of furan rings is 1. The number of carbonyl (C=O) groups excluding carboxylic acids is 2. The molecule has 1 aromatic heterocycles. The molecule has 0 fully saturated rings. The third-order valence-corrected chi connectivity index (χ3v) is 6.79. The summed E-state index contributed by atoms with van der Waals surface area (Å²) in [6.45, 7) is 0. The highest BCUT2D eigenvalue weighted by atomic mass is 16.4. The maximum absolute atomic E-state index is 13.2. The summed E-state index contributed by atoms with van der Waals surface area (Å²) in [4.78, 5) is 28.5. The number of allylic oxidation sites excluding steroid dienone is 1. The number of fused-ring (bicyclic) bond motifs is 4. The maximum atomic E-state index is 13.2. The lowest BCUT2D eigenvalue weighted by atomic mass is 9.99. The van der Waals surface area contributed by atoms with E-state index < -0.39 is 0 Å². The molecule has 2 aliphatic rings. The van der Waals surface area contributed by atoms with Crippen LogP contribution in [-0.4, -0.2) is 11.6 Å². The van der Waals surface area contributed by atoms with Gasteiger partial charge in [-0.25, -0.2) is 0 Å². The van der Waals surface area contributed by atoms with Gasteiger partial charge in [0.2, 0.25) is 5.88 Å². The topological polar surface area (TPSA) is 50.5 Å². The number of ketones is 2. The van der Waals surface area contributed by atoms with E-state index in [0.717, 1.165) is 34.1 Å². The number of nitrogens with zero attached hydrogens (tertiary/aromatic N) is 1. The minimum atomic E-state index is -0.256. The van der Waals surface area contributed by atoms with Gasteiger partial charge >= 0.3 is 0 Å². The largest absolute Gasteiger partial charge is 0.440 e. The molecule has 0 radical (unpaired) electrons. The van der Waals surface area contributed by atoms with Gasteiger partial charge in [0.25, 0.3) is 0 Å². The first-order valence-electron chi connectivity index (χ1n) is 11.6. The van der Waals surface area contributed by atoms with Crippen LogP contribution in [0.4, 0.5) is 17.3 Å². The SMILES string of the molecule is O=C1C(=Cc2cc3c(o2)N(c2ccccc2)c2ccccc2C3)C(=O)c2cc3ccccc3cc21. The van der Waals surface area contributed by atoms with E-state index in [-0.39, 0.29) is 17.1 Å². The summed E-state index contributed by atoms with van der Waals surface area (Å²) in [6, 6.07) is 31.6. The first-order valence-corrected chi connectivity index (χ1v) is 11.6. The molecule has 166 valence electrons. The number of benzene rings is 4. The molecule has 7 rings (SSSR count). The van der Waals surface area contributed by atoms with E-state index in [1.807, 2.05) is 84.9 Å². The second-order valence-corrected chi connectivity index (χ2v) is 8.92. The smallest absolute Gasteiger partial charge is 0.208 e. The zero-order valence-electron chi connectivity index (χ0n) is 18.7. The number of para-hydroxylation sites is 2. The Morgan fingerprint density at radius 1 is 0.686 bits per heavy atom. The van der Waals surface area contributed by atoms with Crippen LogP contribution in [0.2, 0.25) is 0 Å². The van der Waals surface area contributed by atoms with Gasteiger partial charge in [-0.15, -0.1) is 0 Å². The van der Waals surface area contributed by atoms with Crippen molar-refractivity contribution >= 4 is 45.7 Å². The zero-order chi connectivity index (χ0) is 23.5. The first kappa shape index (κ1) is 19.7. The van der Waals surface area contributed by atoms with E-state index in [1.54, 1.807) is 6.08 Å². The molecule has 0 saturated carbocycles. The molecular weight excluding hydrogens is 434 g/mol. The van der Waals surface area contributed by atoms with Crippen LogP contribution in [0.1, 0.15) is 37.6 Å². The van der Waals surface area contributed by atoms with E-state index in [2.05, 4.69) is 17.0 Å². The molecule has 0 spiro atoms. The highest BCUT2D eigenvalue weighted by Gasteiger charge is 2.34. The maximum Gasteiger partial charge on any atom is 0.208 e. The fraction of sp³-hybridized carbons (Fsp3) is 0.0323. The molecule has 4 heteroatoms. The third kappa shape index (κ3) is 3.00. The molecular formula is C31H19NO3. The molecule has 1 aliphatic carbocycles. The van der Waals surface area contributed by atoms with Crippen molar-refractivity contribution in [1.29, 1.82) is 0 Å². The van der Waals surface area contributed by atoms with Gasteiger partial charge in [-0.05, 0) is 58.8 Å². The van der Waals surface area contributed by atoms with Gasteiger partial charge in [0.05, 0.1) is 11.3 Å². The molecule has 0 saturated heterocycles. The number of carbonyl (C=O) groups is 2. The van der Waals surface area contributed by atoms with Crippen LogP contribution in [0.25, 0.3) is 16.8 Å². The van der Waals surface area contributed by atoms with Crippen LogP contribution < -0.4 is 4.90 Å². The van der Waals surface area contributed by atoms with E-state index >= 15 is 0 Å². The summed E-state index contributed by atoms with van der Waals surface area (Å²) in [5.41, 5.74) is 5.30. The van der Waals surface area contributed by atoms with Gasteiger partial charge in [-0.1, -0.05) is 60.7 Å². The standard InChI is InChI=1S/C31H19NO3/c33-29-25-16-19-8-4-5-9-20(19)17-26(25)30(34)27(29)18-24-15-22-14-21-10-6-7-13-28(21)32(31(22)35-24)23-11-2-1-3-12-23/h1-13,15-18H,14H2. The average Bonchev–Trinajstić information content (AvgIpc) is 3.40. The van der Waals surface area contributed by atoms with Crippen LogP contribution in [0.3, 0.4) is 0 Å². The van der Waals surface area contributed by atoms with Crippen molar-refractivity contribution in [2.45, 2.75) is 6.42 Å². The van der Waals surface area contributed by atoms with Gasteiger partial charge in [0.1, 0.15) is 5.76 Å². The Bertz CT molecular complexity index is 1650. The minimum absolute atomic E-state index is 0.144. The summed E-state index contributed by atoms with van der Waals surface area (Å²) >= 11 is 0. The van der Waals surface area contributed by atoms with E-state index in [0.29, 0.717) is 22.8 Å². The van der Waals surface area contributed by atoms with Crippen molar-refractivity contribution in [3.8, 4) is 0 Å². The minimum Gasteiger partial charge on any atom is -0.440 e. The van der Waals surface area contributed by atoms with Crippen molar-refractivity contribution in [1.82, 2.24) is 0 Å². The molecule has 0 unspecified atom stereocenters. The molecule has 0 N–H and O–H groups in total. The number of rotatable bonds is 2. The van der Waals surface area contributed by atoms with Crippen LogP contribution in [-0.2, 0) is 6.42 Å². The molecule has 4 nitrogen and oxygen atoms in total. The van der Waals surface area contributed by atoms with Crippen molar-refractivity contribution in [3.05, 3.63) is 131 Å². The second kappa shape index (κ2) is 7.40. The number of hydrogen-bond acceptors (Lipinski definition) is 4. The van der Waals surface area contributed by atoms with Crippen LogP contribution >= 0.6 is 0 Å². The van der Waals surface area contributed by atoms with Crippen molar-refractivity contribution in [2.75, 3.05) is 4.90 Å². The molecule has 0 atom stereocenters. The van der Waals surface area contributed by atoms with Gasteiger partial charge in [0.15, 0.2) is 11.6 Å². The fourth-order valence-corrected chi connectivity index (χ4v) is 5.14. The summed E-state index contributed by atoms with van der Waals surface area (Å²) in [5.74, 6) is 0.697. The number of hydrogen-bond donors (Lipinski definition) is 0. The molecule has 35 heavy (non-hydrogen) atoms. The summed E-state index contributed by atoms with van der Waals surface area (Å²) < 4.78 is 6.31. The Labute approximate surface area is 201 Å². The Kier molecular flexibility index (Phi) is 4.18. The third-order valence-electron chi connectivity index (χ3n) is 6.79. The number of anilines is 3. The molecule has 4 aromatic carbocycles. The van der Waals surface area contributed by atoms with E-state index in [1.165, 1.54) is 5.56 Å². The summed E-state index contributed by atoms with van der Waals surface area (Å²) in [5, 5.41) is 1.89. The zero-order valence-corrected chi connectivity index (χ0v) is 18.7. The molecule has 1 aliphatic heterocycles. The quantitative estimate of drug-likeness (QED) is 0.204. The lowest BCUT2D eigenvalue weighted by molar-refractivity contribution is 0.0990. The van der Waals surface area contributed by atoms with Crippen molar-refractivity contribution < 1.29 is 14.0 Å². The number of Topliss-reactive ketones (excluding diaryl/α,β-unsaturated/α-hetero) is 2. The highest BCUT2D eigenvalue weighted by molar-refractivity contribution is 6.42. The molecule has 0 amide bonds. The Morgan fingerprint density at radius 2 is 1.31 bits per heavy atom. The van der Waals surface area contributed by atoms with E-state index in [4.69, 9.17) is 4.42 Å². The van der Waals surface area contributed by atoms with Crippen LogP contribution in [0, 0.1) is 0 Å². The lowest BCUT2D eigenvalue weighted by Gasteiger charge is -2.29. The van der Waals surface area contributed by atoms with Gasteiger partial charge in [0, 0.05) is 28.8 Å².